The number of rotatable bonds is 3. The minimum absolute atomic E-state index is 0.158. The van der Waals surface area contributed by atoms with Crippen LogP contribution >= 0.6 is 11.8 Å². The number of primary amides is 1. The van der Waals surface area contributed by atoms with Crippen LogP contribution in [-0.4, -0.2) is 22.4 Å². The molecule has 1 heterocycles. The number of carbonyl (C=O) groups excluding carboxylic acids is 1. The maximum absolute atomic E-state index is 10.7. The number of thioether (sulfide) groups is 1. The van der Waals surface area contributed by atoms with Gasteiger partial charge in [-0.3, -0.25) is 4.79 Å². The van der Waals surface area contributed by atoms with E-state index in [9.17, 15) is 4.79 Å². The standard InChI is InChI=1S/C8H11N3OS/c1-5-4-10-11-6(3-7(9)12)8(5)13-2/h4H,3H2,1-2H3,(H2,9,12). The molecule has 0 saturated heterocycles. The summed E-state index contributed by atoms with van der Waals surface area (Å²) in [4.78, 5) is 11.7. The van der Waals surface area contributed by atoms with Gasteiger partial charge in [0.15, 0.2) is 0 Å². The van der Waals surface area contributed by atoms with Crippen molar-refractivity contribution in [3.8, 4) is 0 Å². The van der Waals surface area contributed by atoms with Gasteiger partial charge in [0, 0.05) is 4.90 Å². The van der Waals surface area contributed by atoms with E-state index >= 15 is 0 Å². The van der Waals surface area contributed by atoms with Gasteiger partial charge in [0.25, 0.3) is 0 Å². The summed E-state index contributed by atoms with van der Waals surface area (Å²) >= 11 is 1.55. The molecule has 0 aliphatic rings. The average molecular weight is 197 g/mol. The first kappa shape index (κ1) is 9.98. The molecule has 0 bridgehead atoms. The highest BCUT2D eigenvalue weighted by Gasteiger charge is 2.09. The van der Waals surface area contributed by atoms with Gasteiger partial charge in [-0.1, -0.05) is 0 Å². The van der Waals surface area contributed by atoms with Crippen LogP contribution in [0.15, 0.2) is 11.1 Å². The Morgan fingerprint density at radius 3 is 2.92 bits per heavy atom. The third kappa shape index (κ3) is 2.42. The van der Waals surface area contributed by atoms with Gasteiger partial charge in [-0.05, 0) is 18.7 Å². The number of hydrogen-bond acceptors (Lipinski definition) is 4. The van der Waals surface area contributed by atoms with Crippen LogP contribution in [0.4, 0.5) is 0 Å². The molecule has 2 N–H and O–H groups in total. The average Bonchev–Trinajstić information content (AvgIpc) is 2.03. The van der Waals surface area contributed by atoms with E-state index in [4.69, 9.17) is 5.73 Å². The molecule has 1 aromatic heterocycles. The third-order valence-electron chi connectivity index (χ3n) is 1.60. The number of aryl methyl sites for hydroxylation is 1. The Morgan fingerprint density at radius 1 is 1.69 bits per heavy atom. The predicted molar refractivity (Wildman–Crippen MR) is 51.4 cm³/mol. The van der Waals surface area contributed by atoms with Crippen molar-refractivity contribution in [3.63, 3.8) is 0 Å². The number of nitrogens with two attached hydrogens (primary N) is 1. The maximum Gasteiger partial charge on any atom is 0.223 e. The second-order valence-corrected chi connectivity index (χ2v) is 3.47. The van der Waals surface area contributed by atoms with Crippen LogP contribution in [0, 0.1) is 6.92 Å². The first-order chi connectivity index (χ1) is 6.15. The first-order valence-electron chi connectivity index (χ1n) is 3.78. The summed E-state index contributed by atoms with van der Waals surface area (Å²) in [5.74, 6) is -0.379. The van der Waals surface area contributed by atoms with Crippen LogP contribution < -0.4 is 5.73 Å². The number of hydrogen-bond donors (Lipinski definition) is 1. The fourth-order valence-electron chi connectivity index (χ4n) is 1.08. The van der Waals surface area contributed by atoms with Crippen LogP contribution in [-0.2, 0) is 11.2 Å². The molecule has 0 unspecified atom stereocenters. The second-order valence-electron chi connectivity index (χ2n) is 2.65. The van der Waals surface area contributed by atoms with Crippen molar-refractivity contribution >= 4 is 17.7 Å². The second kappa shape index (κ2) is 4.23. The summed E-state index contributed by atoms with van der Waals surface area (Å²) in [5.41, 5.74) is 6.78. The first-order valence-corrected chi connectivity index (χ1v) is 5.01. The highest BCUT2D eigenvalue weighted by atomic mass is 32.2. The molecule has 0 spiro atoms. The van der Waals surface area contributed by atoms with E-state index < -0.39 is 0 Å². The van der Waals surface area contributed by atoms with Gasteiger partial charge < -0.3 is 5.73 Å². The van der Waals surface area contributed by atoms with Gasteiger partial charge in [0.05, 0.1) is 18.3 Å². The van der Waals surface area contributed by atoms with E-state index in [0.29, 0.717) is 5.69 Å². The van der Waals surface area contributed by atoms with Crippen molar-refractivity contribution in [2.24, 2.45) is 5.73 Å². The van der Waals surface area contributed by atoms with Crippen molar-refractivity contribution in [1.29, 1.82) is 0 Å². The molecule has 1 amide bonds. The predicted octanol–water partition coefficient (Wildman–Crippen LogP) is 0.535. The van der Waals surface area contributed by atoms with Crippen molar-refractivity contribution in [1.82, 2.24) is 10.2 Å². The van der Waals surface area contributed by atoms with Crippen LogP contribution in [0.3, 0.4) is 0 Å². The summed E-state index contributed by atoms with van der Waals surface area (Å²) in [5, 5.41) is 7.65. The lowest BCUT2D eigenvalue weighted by atomic mass is 10.2. The lowest BCUT2D eigenvalue weighted by Gasteiger charge is -2.05. The van der Waals surface area contributed by atoms with Crippen molar-refractivity contribution < 1.29 is 4.79 Å². The van der Waals surface area contributed by atoms with E-state index in [0.717, 1.165) is 10.5 Å². The largest absolute Gasteiger partial charge is 0.369 e. The van der Waals surface area contributed by atoms with Crippen LogP contribution in [0.25, 0.3) is 0 Å². The highest BCUT2D eigenvalue weighted by molar-refractivity contribution is 7.98. The Bertz CT molecular complexity index is 327. The van der Waals surface area contributed by atoms with Gasteiger partial charge in [-0.15, -0.1) is 11.8 Å². The van der Waals surface area contributed by atoms with E-state index in [2.05, 4.69) is 10.2 Å². The quantitative estimate of drug-likeness (QED) is 0.718. The zero-order chi connectivity index (χ0) is 9.84. The molecule has 0 aliphatic heterocycles. The zero-order valence-corrected chi connectivity index (χ0v) is 8.39. The lowest BCUT2D eigenvalue weighted by Crippen LogP contribution is -2.16. The van der Waals surface area contributed by atoms with Crippen LogP contribution in [0.2, 0.25) is 0 Å². The Labute approximate surface area is 80.9 Å². The van der Waals surface area contributed by atoms with Gasteiger partial charge in [0.1, 0.15) is 0 Å². The Morgan fingerprint density at radius 2 is 2.38 bits per heavy atom. The summed E-state index contributed by atoms with van der Waals surface area (Å²) in [7, 11) is 0. The number of aromatic nitrogens is 2. The summed E-state index contributed by atoms with van der Waals surface area (Å²) in [6.07, 6.45) is 3.77. The lowest BCUT2D eigenvalue weighted by molar-refractivity contribution is -0.117. The normalized spacial score (nSPS) is 10.0. The summed E-state index contributed by atoms with van der Waals surface area (Å²) in [6, 6.07) is 0. The molecule has 0 aromatic carbocycles. The zero-order valence-electron chi connectivity index (χ0n) is 7.57. The van der Waals surface area contributed by atoms with E-state index in [1.807, 2.05) is 13.2 Å². The highest BCUT2D eigenvalue weighted by Crippen LogP contribution is 2.21. The molecular formula is C8H11N3OS. The molecule has 5 heteroatoms. The molecule has 0 saturated carbocycles. The molecule has 70 valence electrons. The van der Waals surface area contributed by atoms with Crippen molar-refractivity contribution in [3.05, 3.63) is 17.5 Å². The van der Waals surface area contributed by atoms with Gasteiger partial charge in [0.2, 0.25) is 5.91 Å². The van der Waals surface area contributed by atoms with Gasteiger partial charge in [-0.2, -0.15) is 10.2 Å². The van der Waals surface area contributed by atoms with Gasteiger partial charge in [-0.25, -0.2) is 0 Å². The minimum Gasteiger partial charge on any atom is -0.369 e. The van der Waals surface area contributed by atoms with E-state index in [1.165, 1.54) is 0 Å². The summed E-state index contributed by atoms with van der Waals surface area (Å²) in [6.45, 7) is 1.94. The van der Waals surface area contributed by atoms with Crippen molar-refractivity contribution in [2.75, 3.05) is 6.26 Å². The smallest absolute Gasteiger partial charge is 0.223 e. The molecule has 0 atom stereocenters. The van der Waals surface area contributed by atoms with Crippen LogP contribution in [0.1, 0.15) is 11.3 Å². The molecular weight excluding hydrogens is 186 g/mol. The fraction of sp³-hybridized carbons (Fsp3) is 0.375. The van der Waals surface area contributed by atoms with Crippen molar-refractivity contribution in [2.45, 2.75) is 18.2 Å². The minimum atomic E-state index is -0.379. The fourth-order valence-corrected chi connectivity index (χ4v) is 1.80. The maximum atomic E-state index is 10.7. The van der Waals surface area contributed by atoms with E-state index in [-0.39, 0.29) is 12.3 Å². The number of amides is 1. The van der Waals surface area contributed by atoms with Crippen LogP contribution in [0.5, 0.6) is 0 Å². The number of carbonyl (C=O) groups is 1. The Hall–Kier alpha value is -1.10. The molecule has 1 aromatic rings. The summed E-state index contributed by atoms with van der Waals surface area (Å²) < 4.78 is 0. The Balaban J connectivity index is 3.05. The molecule has 0 aliphatic carbocycles. The molecule has 13 heavy (non-hydrogen) atoms. The molecule has 1 rings (SSSR count). The molecule has 4 nitrogen and oxygen atoms in total. The monoisotopic (exact) mass is 197 g/mol. The number of nitrogens with zero attached hydrogens (tertiary/aromatic N) is 2. The topological polar surface area (TPSA) is 68.9 Å². The third-order valence-corrected chi connectivity index (χ3v) is 2.56. The van der Waals surface area contributed by atoms with Gasteiger partial charge >= 0.3 is 0 Å². The van der Waals surface area contributed by atoms with E-state index in [1.54, 1.807) is 18.0 Å². The SMILES string of the molecule is CSc1c(C)cnnc1CC(N)=O. The molecule has 0 radical (unpaired) electrons. The molecule has 0 fully saturated rings. The Kier molecular flexibility index (Phi) is 3.25.